The summed E-state index contributed by atoms with van der Waals surface area (Å²) in [6, 6.07) is 5.84. The molecule has 3 nitrogen and oxygen atoms in total. The quantitative estimate of drug-likeness (QED) is 0.815. The van der Waals surface area contributed by atoms with E-state index in [1.165, 1.54) is 0 Å². The maximum Gasteiger partial charge on any atom is 0.0950 e. The molecule has 0 amide bonds. The van der Waals surface area contributed by atoms with Gasteiger partial charge < -0.3 is 4.57 Å². The normalized spacial score (nSPS) is 11.1. The van der Waals surface area contributed by atoms with Crippen molar-refractivity contribution in [3.63, 3.8) is 0 Å². The zero-order valence-corrected chi connectivity index (χ0v) is 9.29. The molecular weight excluding hydrogens is 212 g/mol. The molecule has 0 fully saturated rings. The van der Waals surface area contributed by atoms with Crippen molar-refractivity contribution in [2.75, 3.05) is 0 Å². The molecule has 1 aromatic carbocycles. The van der Waals surface area contributed by atoms with E-state index in [-0.39, 0.29) is 0 Å². The highest BCUT2D eigenvalue weighted by atomic mass is 35.5. The molecule has 0 atom stereocenters. The number of halogens is 1. The van der Waals surface area contributed by atoms with Crippen LogP contribution in [0, 0.1) is 0 Å². The summed E-state index contributed by atoms with van der Waals surface area (Å²) in [5.74, 6) is 5.10. The fourth-order valence-corrected chi connectivity index (χ4v) is 1.97. The van der Waals surface area contributed by atoms with Gasteiger partial charge in [0.05, 0.1) is 6.61 Å². The standard InChI is InChI=1S/C11H13ClN2O/c1-2-14-6-8(7-15-13)10-4-3-9(12)5-11(10)14/h3-6H,2,7,13H2,1H3. The van der Waals surface area contributed by atoms with Crippen molar-refractivity contribution in [1.82, 2.24) is 4.57 Å². The second-order valence-electron chi connectivity index (χ2n) is 3.41. The molecule has 0 radical (unpaired) electrons. The Hall–Kier alpha value is -1.03. The number of hydrogen-bond acceptors (Lipinski definition) is 2. The average molecular weight is 225 g/mol. The first kappa shape index (κ1) is 10.5. The largest absolute Gasteiger partial charge is 0.347 e. The zero-order valence-electron chi connectivity index (χ0n) is 8.53. The van der Waals surface area contributed by atoms with Crippen LogP contribution in [-0.4, -0.2) is 4.57 Å². The van der Waals surface area contributed by atoms with E-state index in [4.69, 9.17) is 17.5 Å². The fraction of sp³-hybridized carbons (Fsp3) is 0.273. The van der Waals surface area contributed by atoms with Gasteiger partial charge in [0.25, 0.3) is 0 Å². The summed E-state index contributed by atoms with van der Waals surface area (Å²) in [6.45, 7) is 3.42. The predicted molar refractivity (Wildman–Crippen MR) is 61.6 cm³/mol. The molecule has 0 saturated heterocycles. The highest BCUT2D eigenvalue weighted by Gasteiger charge is 2.07. The Labute approximate surface area is 93.3 Å². The molecule has 1 aromatic heterocycles. The van der Waals surface area contributed by atoms with E-state index < -0.39 is 0 Å². The topological polar surface area (TPSA) is 40.2 Å². The SMILES string of the molecule is CCn1cc(CON)c2ccc(Cl)cc21. The van der Waals surface area contributed by atoms with Gasteiger partial charge in [0.2, 0.25) is 0 Å². The third-order valence-corrected chi connectivity index (χ3v) is 2.74. The van der Waals surface area contributed by atoms with E-state index in [0.29, 0.717) is 6.61 Å². The maximum absolute atomic E-state index is 5.96. The highest BCUT2D eigenvalue weighted by molar-refractivity contribution is 6.31. The van der Waals surface area contributed by atoms with E-state index in [1.807, 2.05) is 24.4 Å². The number of benzene rings is 1. The van der Waals surface area contributed by atoms with E-state index >= 15 is 0 Å². The first-order chi connectivity index (χ1) is 7.26. The molecule has 0 aliphatic rings. The van der Waals surface area contributed by atoms with Crippen LogP contribution in [0.4, 0.5) is 0 Å². The lowest BCUT2D eigenvalue weighted by atomic mass is 10.2. The van der Waals surface area contributed by atoms with Gasteiger partial charge in [0.1, 0.15) is 0 Å². The third kappa shape index (κ3) is 1.86. The minimum Gasteiger partial charge on any atom is -0.347 e. The Morgan fingerprint density at radius 1 is 1.47 bits per heavy atom. The lowest BCUT2D eigenvalue weighted by Crippen LogP contribution is -1.98. The number of fused-ring (bicyclic) bond motifs is 1. The van der Waals surface area contributed by atoms with Crippen LogP contribution < -0.4 is 5.90 Å². The lowest BCUT2D eigenvalue weighted by Gasteiger charge is -1.99. The van der Waals surface area contributed by atoms with Gasteiger partial charge in [-0.1, -0.05) is 17.7 Å². The smallest absolute Gasteiger partial charge is 0.0950 e. The Morgan fingerprint density at radius 2 is 2.27 bits per heavy atom. The molecule has 2 aromatic rings. The van der Waals surface area contributed by atoms with Crippen LogP contribution in [0.3, 0.4) is 0 Å². The molecule has 2 rings (SSSR count). The molecule has 0 aliphatic heterocycles. The van der Waals surface area contributed by atoms with Gasteiger partial charge in [-0.25, -0.2) is 5.90 Å². The van der Waals surface area contributed by atoms with Gasteiger partial charge in [-0.05, 0) is 19.1 Å². The summed E-state index contributed by atoms with van der Waals surface area (Å²) in [6.07, 6.45) is 2.05. The van der Waals surface area contributed by atoms with Crippen molar-refractivity contribution in [1.29, 1.82) is 0 Å². The van der Waals surface area contributed by atoms with Crippen LogP contribution >= 0.6 is 11.6 Å². The van der Waals surface area contributed by atoms with E-state index in [1.54, 1.807) is 0 Å². The van der Waals surface area contributed by atoms with Crippen LogP contribution in [0.1, 0.15) is 12.5 Å². The maximum atomic E-state index is 5.96. The summed E-state index contributed by atoms with van der Waals surface area (Å²) in [5, 5.41) is 1.89. The number of aromatic nitrogens is 1. The molecule has 0 bridgehead atoms. The zero-order chi connectivity index (χ0) is 10.8. The molecule has 0 saturated carbocycles. The molecular formula is C11H13ClN2O. The minimum absolute atomic E-state index is 0.422. The van der Waals surface area contributed by atoms with Crippen LogP contribution in [0.15, 0.2) is 24.4 Å². The van der Waals surface area contributed by atoms with Gasteiger partial charge in [-0.15, -0.1) is 0 Å². The second-order valence-corrected chi connectivity index (χ2v) is 3.85. The highest BCUT2D eigenvalue weighted by Crippen LogP contribution is 2.25. The van der Waals surface area contributed by atoms with Crippen molar-refractivity contribution >= 4 is 22.5 Å². The summed E-state index contributed by atoms with van der Waals surface area (Å²) in [4.78, 5) is 4.68. The summed E-state index contributed by atoms with van der Waals surface area (Å²) in [7, 11) is 0. The van der Waals surface area contributed by atoms with Crippen LogP contribution in [0.5, 0.6) is 0 Å². The van der Waals surface area contributed by atoms with E-state index in [2.05, 4.69) is 16.3 Å². The number of nitrogens with two attached hydrogens (primary N) is 1. The minimum atomic E-state index is 0.422. The molecule has 0 unspecified atom stereocenters. The van der Waals surface area contributed by atoms with Gasteiger partial charge in [0.15, 0.2) is 0 Å². The molecule has 0 spiro atoms. The van der Waals surface area contributed by atoms with Gasteiger partial charge in [0, 0.05) is 34.2 Å². The molecule has 80 valence electrons. The van der Waals surface area contributed by atoms with Crippen molar-refractivity contribution in [3.8, 4) is 0 Å². The predicted octanol–water partition coefficient (Wildman–Crippen LogP) is 2.70. The van der Waals surface area contributed by atoms with E-state index in [0.717, 1.165) is 28.0 Å². The molecule has 4 heteroatoms. The van der Waals surface area contributed by atoms with Crippen molar-refractivity contribution in [2.45, 2.75) is 20.1 Å². The van der Waals surface area contributed by atoms with Gasteiger partial charge in [-0.2, -0.15) is 0 Å². The lowest BCUT2D eigenvalue weighted by molar-refractivity contribution is 0.125. The summed E-state index contributed by atoms with van der Waals surface area (Å²) in [5.41, 5.74) is 2.21. The van der Waals surface area contributed by atoms with E-state index in [9.17, 15) is 0 Å². The molecule has 0 aliphatic carbocycles. The molecule has 15 heavy (non-hydrogen) atoms. The number of hydrogen-bond donors (Lipinski definition) is 1. The van der Waals surface area contributed by atoms with Crippen molar-refractivity contribution in [2.24, 2.45) is 5.90 Å². The van der Waals surface area contributed by atoms with Gasteiger partial charge >= 0.3 is 0 Å². The van der Waals surface area contributed by atoms with Crippen molar-refractivity contribution < 1.29 is 4.84 Å². The number of rotatable bonds is 3. The third-order valence-electron chi connectivity index (χ3n) is 2.51. The Balaban J connectivity index is 2.64. The second kappa shape index (κ2) is 4.23. The molecule has 1 heterocycles. The van der Waals surface area contributed by atoms with Crippen LogP contribution in [0.25, 0.3) is 10.9 Å². The first-order valence-corrected chi connectivity index (χ1v) is 5.23. The first-order valence-electron chi connectivity index (χ1n) is 4.85. The Bertz CT molecular complexity index is 479. The summed E-state index contributed by atoms with van der Waals surface area (Å²) < 4.78 is 2.13. The van der Waals surface area contributed by atoms with Gasteiger partial charge in [-0.3, -0.25) is 4.84 Å². The van der Waals surface area contributed by atoms with Crippen LogP contribution in [-0.2, 0) is 18.0 Å². The molecule has 2 N–H and O–H groups in total. The number of nitrogens with zero attached hydrogens (tertiary/aromatic N) is 1. The fourth-order valence-electron chi connectivity index (χ4n) is 1.81. The average Bonchev–Trinajstić information content (AvgIpc) is 2.56. The van der Waals surface area contributed by atoms with Crippen LogP contribution in [0.2, 0.25) is 5.02 Å². The Morgan fingerprint density at radius 3 is 2.93 bits per heavy atom. The monoisotopic (exact) mass is 224 g/mol. The number of aryl methyl sites for hydroxylation is 1. The summed E-state index contributed by atoms with van der Waals surface area (Å²) >= 11 is 5.96. The van der Waals surface area contributed by atoms with Crippen molar-refractivity contribution in [3.05, 3.63) is 35.0 Å². The Kier molecular flexibility index (Phi) is 2.95.